The van der Waals surface area contributed by atoms with Crippen LogP contribution in [0.25, 0.3) is 17.0 Å². The number of imide groups is 1. The minimum absolute atomic E-state index is 0.0705. The van der Waals surface area contributed by atoms with E-state index < -0.39 is 41.6 Å². The highest BCUT2D eigenvalue weighted by Crippen LogP contribution is 2.51. The Kier molecular flexibility index (Phi) is 9.58. The number of aromatic nitrogens is 3. The summed E-state index contributed by atoms with van der Waals surface area (Å²) in [5.74, 6) is -4.11. The molecule has 0 radical (unpaired) electrons. The number of hydrogen-bond acceptors (Lipinski definition) is 10. The number of benzene rings is 2. The van der Waals surface area contributed by atoms with Crippen molar-refractivity contribution in [3.8, 4) is 11.3 Å². The fraction of sp³-hybridized carbons (Fsp3) is 0.381. The van der Waals surface area contributed by atoms with Gasteiger partial charge in [0.05, 0.1) is 40.3 Å². The summed E-state index contributed by atoms with van der Waals surface area (Å²) in [6.07, 6.45) is 6.03. The highest BCUT2D eigenvalue weighted by atomic mass is 35.5. The van der Waals surface area contributed by atoms with Gasteiger partial charge in [0.25, 0.3) is 17.7 Å². The second kappa shape index (κ2) is 14.6. The lowest BCUT2D eigenvalue weighted by molar-refractivity contribution is -0.220. The van der Waals surface area contributed by atoms with Crippen LogP contribution in [0, 0.1) is 19.3 Å². The van der Waals surface area contributed by atoms with Gasteiger partial charge in [-0.3, -0.25) is 39.9 Å². The summed E-state index contributed by atoms with van der Waals surface area (Å²) in [5, 5.41) is 5.67. The van der Waals surface area contributed by atoms with Gasteiger partial charge in [-0.1, -0.05) is 29.8 Å². The van der Waals surface area contributed by atoms with Crippen molar-refractivity contribution in [2.24, 2.45) is 11.1 Å². The van der Waals surface area contributed by atoms with Crippen LogP contribution in [0.5, 0.6) is 0 Å². The van der Waals surface area contributed by atoms with E-state index in [1.54, 1.807) is 17.7 Å². The molecule has 1 atom stereocenters. The number of hydrogen-bond donors (Lipinski definition) is 4. The molecule has 1 unspecified atom stereocenters. The van der Waals surface area contributed by atoms with Crippen LogP contribution >= 0.6 is 11.6 Å². The van der Waals surface area contributed by atoms with Crippen LogP contribution in [0.1, 0.15) is 61.8 Å². The van der Waals surface area contributed by atoms with Crippen molar-refractivity contribution < 1.29 is 28.0 Å². The van der Waals surface area contributed by atoms with E-state index in [0.717, 1.165) is 52.3 Å². The third-order valence-corrected chi connectivity index (χ3v) is 13.0. The third-order valence-electron chi connectivity index (χ3n) is 12.5. The Balaban J connectivity index is 0.854. The molecule has 5 aliphatic rings. The molecule has 4 aromatic rings. The van der Waals surface area contributed by atoms with Gasteiger partial charge in [-0.2, -0.15) is 0 Å². The molecule has 5 amide bonds. The van der Waals surface area contributed by atoms with Crippen LogP contribution < -0.4 is 31.6 Å². The predicted octanol–water partition coefficient (Wildman–Crippen LogP) is 4.25. The summed E-state index contributed by atoms with van der Waals surface area (Å²) >= 11 is 6.51. The zero-order valence-corrected chi connectivity index (χ0v) is 34.1. The summed E-state index contributed by atoms with van der Waals surface area (Å²) < 4.78 is 33.7. The van der Waals surface area contributed by atoms with Gasteiger partial charge in [0.1, 0.15) is 11.9 Å². The standard InChI is InChI=1S/C42H44ClF2N11O4/c1-23-14-26(15-31(35(23)43)55-11-8-34(57)50-40(55)60)39(59)53-12-9-41(42(44,45)22-53)20-52(21-41)19-25-13-24(2)36(48-17-25)28-5-4-6-30-27(28)7-10-54(30)33-16-29(47-3)38-49-18-32(37(46)58)56(38)51-33/h4-6,13-18,33,47,51H,7-12,19-22H2,1-3H3,(H2,46,58)(H,50,57,60). The molecule has 18 heteroatoms. The molecule has 3 fully saturated rings. The lowest BCUT2D eigenvalue weighted by Crippen LogP contribution is -2.70. The molecule has 5 aliphatic heterocycles. The molecule has 15 nitrogen and oxygen atoms in total. The van der Waals surface area contributed by atoms with Crippen molar-refractivity contribution in [1.29, 1.82) is 0 Å². The molecular formula is C42H44ClF2N11O4. The summed E-state index contributed by atoms with van der Waals surface area (Å²) in [7, 11) is 1.81. The van der Waals surface area contributed by atoms with Crippen molar-refractivity contribution in [2.45, 2.75) is 51.7 Å². The highest BCUT2D eigenvalue weighted by molar-refractivity contribution is 6.35. The molecule has 60 heavy (non-hydrogen) atoms. The Hall–Kier alpha value is -6.07. The Morgan fingerprint density at radius 1 is 1.00 bits per heavy atom. The zero-order chi connectivity index (χ0) is 42.2. The summed E-state index contributed by atoms with van der Waals surface area (Å²) in [6, 6.07) is 10.6. The van der Waals surface area contributed by atoms with Gasteiger partial charge in [-0.05, 0) is 73.2 Å². The topological polar surface area (TPSA) is 174 Å². The van der Waals surface area contributed by atoms with Crippen molar-refractivity contribution in [3.63, 3.8) is 0 Å². The Bertz CT molecular complexity index is 2520. The SMILES string of the molecule is CNC1=CC(N2CCc3c(-c4ncc(CN5CC6(CCN(C(=O)c7cc(C)c(Cl)c(N8CCC(=O)NC8=O)c7)CC6(F)F)C5)cc4C)cccc32)Nn2c(C(N)=O)cnc21. The van der Waals surface area contributed by atoms with E-state index in [2.05, 4.69) is 44.1 Å². The monoisotopic (exact) mass is 839 g/mol. The van der Waals surface area contributed by atoms with Gasteiger partial charge in [0.15, 0.2) is 5.82 Å². The van der Waals surface area contributed by atoms with Gasteiger partial charge in [0.2, 0.25) is 5.91 Å². The number of nitrogens with zero attached hydrogens (tertiary/aromatic N) is 7. The minimum atomic E-state index is -3.13. The second-order valence-corrected chi connectivity index (χ2v) is 16.7. The van der Waals surface area contributed by atoms with Crippen molar-refractivity contribution >= 4 is 52.4 Å². The molecule has 0 aliphatic carbocycles. The first-order valence-corrected chi connectivity index (χ1v) is 20.2. The molecule has 2 aromatic carbocycles. The predicted molar refractivity (Wildman–Crippen MR) is 221 cm³/mol. The van der Waals surface area contributed by atoms with Crippen molar-refractivity contribution in [3.05, 3.63) is 99.2 Å². The molecule has 9 rings (SSSR count). The number of pyridine rings is 1. The van der Waals surface area contributed by atoms with Crippen LogP contribution in [-0.4, -0.2) is 107 Å². The molecule has 0 saturated carbocycles. The maximum Gasteiger partial charge on any atom is 0.328 e. The molecule has 3 saturated heterocycles. The zero-order valence-electron chi connectivity index (χ0n) is 33.3. The van der Waals surface area contributed by atoms with E-state index in [1.807, 2.05) is 37.2 Å². The Morgan fingerprint density at radius 2 is 1.80 bits per heavy atom. The number of amides is 5. The number of likely N-dealkylation sites (tertiary alicyclic amines) is 2. The van der Waals surface area contributed by atoms with Gasteiger partial charge in [-0.25, -0.2) is 23.2 Å². The van der Waals surface area contributed by atoms with Crippen LogP contribution in [-0.2, 0) is 17.8 Å². The lowest BCUT2D eigenvalue weighted by Gasteiger charge is -2.57. The largest absolute Gasteiger partial charge is 0.385 e. The molecule has 1 spiro atoms. The maximum atomic E-state index is 16.1. The summed E-state index contributed by atoms with van der Waals surface area (Å²) in [5.41, 5.74) is 15.7. The van der Waals surface area contributed by atoms with Crippen LogP contribution in [0.4, 0.5) is 25.0 Å². The van der Waals surface area contributed by atoms with E-state index in [1.165, 1.54) is 22.1 Å². The van der Waals surface area contributed by atoms with Crippen LogP contribution in [0.15, 0.2) is 54.9 Å². The third kappa shape index (κ3) is 6.50. The number of urea groups is 1. The number of imidazole rings is 1. The number of piperidine rings is 1. The molecule has 312 valence electrons. The van der Waals surface area contributed by atoms with E-state index in [9.17, 15) is 19.2 Å². The number of primary amides is 1. The number of aryl methyl sites for hydroxylation is 2. The van der Waals surface area contributed by atoms with Crippen LogP contribution in [0.2, 0.25) is 5.02 Å². The van der Waals surface area contributed by atoms with Crippen LogP contribution in [0.3, 0.4) is 0 Å². The first-order valence-electron chi connectivity index (χ1n) is 19.9. The number of halogens is 3. The number of alkyl halides is 2. The second-order valence-electron chi connectivity index (χ2n) is 16.3. The number of nitrogens with two attached hydrogens (primary N) is 1. The average molecular weight is 840 g/mol. The Labute approximate surface area is 349 Å². The van der Waals surface area contributed by atoms with Crippen molar-refractivity contribution in [1.82, 2.24) is 35.1 Å². The molecular weight excluding hydrogens is 796 g/mol. The molecule has 2 aromatic heterocycles. The first-order chi connectivity index (χ1) is 28.7. The summed E-state index contributed by atoms with van der Waals surface area (Å²) in [6.45, 7) is 4.80. The smallest absolute Gasteiger partial charge is 0.328 e. The number of nitrogens with one attached hydrogen (secondary N) is 3. The highest BCUT2D eigenvalue weighted by Gasteiger charge is 2.62. The quantitative estimate of drug-likeness (QED) is 0.201. The van der Waals surface area contributed by atoms with Gasteiger partial charge < -0.3 is 20.9 Å². The van der Waals surface area contributed by atoms with Gasteiger partial charge in [-0.15, -0.1) is 0 Å². The number of anilines is 2. The fourth-order valence-corrected chi connectivity index (χ4v) is 9.59. The van der Waals surface area contributed by atoms with E-state index in [0.29, 0.717) is 17.9 Å². The fourth-order valence-electron chi connectivity index (χ4n) is 9.38. The maximum absolute atomic E-state index is 16.1. The van der Waals surface area contributed by atoms with Gasteiger partial charge >= 0.3 is 6.03 Å². The lowest BCUT2D eigenvalue weighted by atomic mass is 9.69. The molecule has 5 N–H and O–H groups in total. The normalized spacial score (nSPS) is 20.5. The van der Waals surface area contributed by atoms with E-state index >= 15 is 8.78 Å². The Morgan fingerprint density at radius 3 is 2.52 bits per heavy atom. The number of fused-ring (bicyclic) bond motifs is 2. The summed E-state index contributed by atoms with van der Waals surface area (Å²) in [4.78, 5) is 66.0. The van der Waals surface area contributed by atoms with E-state index in [4.69, 9.17) is 22.3 Å². The molecule has 0 bridgehead atoms. The minimum Gasteiger partial charge on any atom is -0.385 e. The number of carbonyl (C=O) groups excluding carboxylic acids is 4. The first kappa shape index (κ1) is 39.4. The number of carbonyl (C=O) groups is 4. The number of rotatable bonds is 8. The average Bonchev–Trinajstić information content (AvgIpc) is 3.84. The molecule has 7 heterocycles. The van der Waals surface area contributed by atoms with E-state index in [-0.39, 0.29) is 67.2 Å². The van der Waals surface area contributed by atoms with Gasteiger partial charge in [0, 0.05) is 75.7 Å². The van der Waals surface area contributed by atoms with Crippen molar-refractivity contribution in [2.75, 3.05) is 61.5 Å².